The zero-order valence-corrected chi connectivity index (χ0v) is 12.1. The zero-order valence-electron chi connectivity index (χ0n) is 12.1. The van der Waals surface area contributed by atoms with E-state index in [1.807, 2.05) is 30.3 Å². The third kappa shape index (κ3) is 2.59. The van der Waals surface area contributed by atoms with Crippen LogP contribution in [0.3, 0.4) is 0 Å². The summed E-state index contributed by atoms with van der Waals surface area (Å²) in [7, 11) is 2.22. The van der Waals surface area contributed by atoms with E-state index in [1.165, 1.54) is 12.8 Å². The minimum absolute atomic E-state index is 0.0603. The van der Waals surface area contributed by atoms with Gasteiger partial charge in [-0.3, -0.25) is 4.79 Å². The Morgan fingerprint density at radius 3 is 2.45 bits per heavy atom. The van der Waals surface area contributed by atoms with Crippen molar-refractivity contribution in [1.82, 2.24) is 10.2 Å². The van der Waals surface area contributed by atoms with Crippen LogP contribution in [-0.4, -0.2) is 36.0 Å². The summed E-state index contributed by atoms with van der Waals surface area (Å²) in [4.78, 5) is 14.8. The van der Waals surface area contributed by atoms with Crippen LogP contribution in [0.5, 0.6) is 0 Å². The normalized spacial score (nSPS) is 31.0. The maximum atomic E-state index is 12.3. The van der Waals surface area contributed by atoms with Crippen LogP contribution < -0.4 is 5.32 Å². The minimum atomic E-state index is -0.312. The summed E-state index contributed by atoms with van der Waals surface area (Å²) in [6.07, 6.45) is 4.72. The first-order valence-corrected chi connectivity index (χ1v) is 7.55. The molecule has 4 atom stereocenters. The van der Waals surface area contributed by atoms with E-state index in [4.69, 9.17) is 0 Å². The molecule has 107 valence electrons. The van der Waals surface area contributed by atoms with Crippen molar-refractivity contribution in [1.29, 1.82) is 0 Å². The third-order valence-electron chi connectivity index (χ3n) is 4.96. The molecule has 1 unspecified atom stereocenters. The Morgan fingerprint density at radius 1 is 1.25 bits per heavy atom. The minimum Gasteiger partial charge on any atom is -0.353 e. The van der Waals surface area contributed by atoms with E-state index in [0.29, 0.717) is 18.1 Å². The molecular weight excluding hydrogens is 248 g/mol. The molecule has 0 aliphatic carbocycles. The van der Waals surface area contributed by atoms with Crippen LogP contribution in [0.15, 0.2) is 30.3 Å². The number of nitrogens with one attached hydrogen (secondary N) is 1. The van der Waals surface area contributed by atoms with E-state index in [-0.39, 0.29) is 11.8 Å². The quantitative estimate of drug-likeness (QED) is 0.915. The van der Waals surface area contributed by atoms with E-state index >= 15 is 0 Å². The lowest BCUT2D eigenvalue weighted by Crippen LogP contribution is -2.49. The molecule has 3 heteroatoms. The number of rotatable bonds is 3. The average molecular weight is 271 g/mol. The summed E-state index contributed by atoms with van der Waals surface area (Å²) < 4.78 is 0. The van der Waals surface area contributed by atoms with Crippen LogP contribution in [0.1, 0.15) is 37.2 Å². The van der Waals surface area contributed by atoms with Crippen molar-refractivity contribution in [3.63, 3.8) is 0 Å². The van der Waals surface area contributed by atoms with Gasteiger partial charge in [-0.2, -0.15) is 0 Å². The Morgan fingerprint density at radius 2 is 1.85 bits per heavy atom. The molecule has 2 heterocycles. The van der Waals surface area contributed by atoms with Crippen molar-refractivity contribution >= 4 is 5.91 Å². The molecule has 2 aliphatic rings. The Labute approximate surface area is 121 Å². The number of carbonyl (C=O) groups is 1. The van der Waals surface area contributed by atoms with Crippen LogP contribution in [-0.2, 0) is 4.79 Å². The first kappa shape index (κ1) is 13.6. The number of carbonyl (C=O) groups excluding carboxylic acids is 1. The zero-order chi connectivity index (χ0) is 14.1. The predicted octanol–water partition coefficient (Wildman–Crippen LogP) is 2.35. The van der Waals surface area contributed by atoms with Crippen LogP contribution >= 0.6 is 0 Å². The Bertz CT molecular complexity index is 459. The van der Waals surface area contributed by atoms with Gasteiger partial charge in [-0.25, -0.2) is 0 Å². The molecule has 2 fully saturated rings. The first-order chi connectivity index (χ1) is 9.65. The van der Waals surface area contributed by atoms with Crippen LogP contribution in [0, 0.1) is 6.92 Å². The van der Waals surface area contributed by atoms with Crippen LogP contribution in [0.25, 0.3) is 0 Å². The van der Waals surface area contributed by atoms with E-state index < -0.39 is 0 Å². The molecule has 20 heavy (non-hydrogen) atoms. The highest BCUT2D eigenvalue weighted by atomic mass is 16.1. The Balaban J connectivity index is 1.60. The number of nitrogens with zero attached hydrogens (tertiary/aromatic N) is 1. The molecule has 0 saturated carbocycles. The lowest BCUT2D eigenvalue weighted by Gasteiger charge is -2.37. The molecule has 1 aromatic carbocycles. The lowest BCUT2D eigenvalue weighted by atomic mass is 9.95. The average Bonchev–Trinajstić information content (AvgIpc) is 2.69. The van der Waals surface area contributed by atoms with Gasteiger partial charge in [0.15, 0.2) is 0 Å². The number of hydrogen-bond acceptors (Lipinski definition) is 2. The van der Waals surface area contributed by atoms with Gasteiger partial charge in [-0.1, -0.05) is 30.3 Å². The number of piperidine rings is 1. The molecule has 0 aromatic heterocycles. The second-order valence-electron chi connectivity index (χ2n) is 6.19. The molecule has 1 radical (unpaired) electrons. The maximum Gasteiger partial charge on any atom is 0.227 e. The van der Waals surface area contributed by atoms with Gasteiger partial charge in [0.2, 0.25) is 5.91 Å². The van der Waals surface area contributed by atoms with Gasteiger partial charge in [-0.15, -0.1) is 0 Å². The largest absolute Gasteiger partial charge is 0.353 e. The first-order valence-electron chi connectivity index (χ1n) is 7.55. The van der Waals surface area contributed by atoms with E-state index in [1.54, 1.807) is 0 Å². The van der Waals surface area contributed by atoms with Gasteiger partial charge in [0.1, 0.15) is 0 Å². The number of hydrogen-bond donors (Lipinski definition) is 1. The van der Waals surface area contributed by atoms with Gasteiger partial charge in [0.05, 0.1) is 5.92 Å². The fourth-order valence-electron chi connectivity index (χ4n) is 3.67. The topological polar surface area (TPSA) is 32.3 Å². The van der Waals surface area contributed by atoms with E-state index in [0.717, 1.165) is 18.4 Å². The van der Waals surface area contributed by atoms with Crippen molar-refractivity contribution in [2.24, 2.45) is 0 Å². The van der Waals surface area contributed by atoms with Crippen molar-refractivity contribution in [2.75, 3.05) is 7.05 Å². The van der Waals surface area contributed by atoms with Gasteiger partial charge in [0, 0.05) is 18.1 Å². The summed E-state index contributed by atoms with van der Waals surface area (Å²) in [6, 6.07) is 11.4. The highest BCUT2D eigenvalue weighted by Gasteiger charge is 2.39. The Kier molecular flexibility index (Phi) is 3.79. The monoisotopic (exact) mass is 271 g/mol. The molecule has 2 saturated heterocycles. The summed E-state index contributed by atoms with van der Waals surface area (Å²) in [5.74, 6) is -0.251. The fraction of sp³-hybridized carbons (Fsp3) is 0.529. The summed E-state index contributed by atoms with van der Waals surface area (Å²) >= 11 is 0. The molecular formula is C17H23N2O. The van der Waals surface area contributed by atoms with Gasteiger partial charge in [0.25, 0.3) is 0 Å². The SMILES string of the molecule is [CH2]C(C(=O)N[C@H]1C[C@H]2CC[C@@H](C1)N2C)c1ccccc1. The molecule has 2 bridgehead atoms. The second-order valence-corrected chi connectivity index (χ2v) is 6.19. The summed E-state index contributed by atoms with van der Waals surface area (Å²) in [5.41, 5.74) is 0.987. The third-order valence-corrected chi connectivity index (χ3v) is 4.96. The summed E-state index contributed by atoms with van der Waals surface area (Å²) in [5, 5.41) is 3.21. The van der Waals surface area contributed by atoms with E-state index in [9.17, 15) is 4.79 Å². The van der Waals surface area contributed by atoms with Crippen molar-refractivity contribution in [2.45, 2.75) is 49.7 Å². The number of amides is 1. The molecule has 1 N–H and O–H groups in total. The highest BCUT2D eigenvalue weighted by molar-refractivity contribution is 5.84. The molecule has 2 aliphatic heterocycles. The molecule has 3 rings (SSSR count). The second kappa shape index (κ2) is 5.57. The lowest BCUT2D eigenvalue weighted by molar-refractivity contribution is -0.122. The van der Waals surface area contributed by atoms with Gasteiger partial charge < -0.3 is 10.2 Å². The molecule has 1 amide bonds. The molecule has 3 nitrogen and oxygen atoms in total. The van der Waals surface area contributed by atoms with Crippen molar-refractivity contribution in [3.05, 3.63) is 42.8 Å². The number of fused-ring (bicyclic) bond motifs is 2. The molecule has 0 spiro atoms. The smallest absolute Gasteiger partial charge is 0.227 e. The van der Waals surface area contributed by atoms with Crippen LogP contribution in [0.4, 0.5) is 0 Å². The van der Waals surface area contributed by atoms with Crippen LogP contribution in [0.2, 0.25) is 0 Å². The molecule has 1 aromatic rings. The highest BCUT2D eigenvalue weighted by Crippen LogP contribution is 2.34. The van der Waals surface area contributed by atoms with Gasteiger partial charge in [-0.05, 0) is 45.2 Å². The summed E-state index contributed by atoms with van der Waals surface area (Å²) in [6.45, 7) is 4.02. The van der Waals surface area contributed by atoms with E-state index in [2.05, 4.69) is 24.2 Å². The standard InChI is InChI=1S/C17H23N2O/c1-12(13-6-4-3-5-7-13)17(20)18-14-10-15-8-9-16(11-14)19(15)2/h3-7,12,14-16H,1,8-11H2,2H3,(H,18,20)/t12?,14-,15+,16-. The number of benzene rings is 1. The van der Waals surface area contributed by atoms with Gasteiger partial charge >= 0.3 is 0 Å². The fourth-order valence-corrected chi connectivity index (χ4v) is 3.67. The predicted molar refractivity (Wildman–Crippen MR) is 80.3 cm³/mol. The maximum absolute atomic E-state index is 12.3. The van der Waals surface area contributed by atoms with Crippen molar-refractivity contribution < 1.29 is 4.79 Å². The Hall–Kier alpha value is -1.35. The van der Waals surface area contributed by atoms with Crippen molar-refractivity contribution in [3.8, 4) is 0 Å².